The molecule has 1 fully saturated rings. The van der Waals surface area contributed by atoms with E-state index in [0.717, 1.165) is 5.39 Å². The Hall–Kier alpha value is -3.17. The van der Waals surface area contributed by atoms with E-state index < -0.39 is 22.0 Å². The van der Waals surface area contributed by atoms with E-state index in [-0.39, 0.29) is 11.4 Å². The van der Waals surface area contributed by atoms with Crippen LogP contribution in [0, 0.1) is 0 Å². The van der Waals surface area contributed by atoms with Crippen molar-refractivity contribution in [1.29, 1.82) is 0 Å². The smallest absolute Gasteiger partial charge is 0.245 e. The predicted octanol–water partition coefficient (Wildman–Crippen LogP) is 3.04. The number of amides is 1. The molecule has 2 heterocycles. The highest BCUT2D eigenvalue weighted by Crippen LogP contribution is 2.32. The zero-order valence-electron chi connectivity index (χ0n) is 17.2. The largest absolute Gasteiger partial charge is 0.497 e. The van der Waals surface area contributed by atoms with Crippen LogP contribution in [0.15, 0.2) is 59.6 Å². The highest BCUT2D eigenvalue weighted by atomic mass is 32.2. The number of rotatable bonds is 6. The number of methoxy groups -OCH3 is 2. The van der Waals surface area contributed by atoms with Crippen molar-refractivity contribution in [2.45, 2.75) is 23.8 Å². The summed E-state index contributed by atoms with van der Waals surface area (Å²) in [4.78, 5) is 17.5. The fraction of sp³-hybridized carbons (Fsp3) is 0.273. The van der Waals surface area contributed by atoms with Crippen molar-refractivity contribution < 1.29 is 22.7 Å². The van der Waals surface area contributed by atoms with Crippen LogP contribution in [0.4, 0.5) is 5.69 Å². The minimum Gasteiger partial charge on any atom is -0.497 e. The number of fused-ring (bicyclic) bond motifs is 1. The van der Waals surface area contributed by atoms with Gasteiger partial charge in [-0.05, 0) is 37.1 Å². The minimum atomic E-state index is -3.93. The van der Waals surface area contributed by atoms with E-state index >= 15 is 0 Å². The fourth-order valence-corrected chi connectivity index (χ4v) is 5.65. The lowest BCUT2D eigenvalue weighted by molar-refractivity contribution is -0.119. The van der Waals surface area contributed by atoms with Gasteiger partial charge in [0.05, 0.1) is 25.4 Å². The Bertz CT molecular complexity index is 1220. The highest BCUT2D eigenvalue weighted by Gasteiger charge is 2.40. The van der Waals surface area contributed by atoms with Gasteiger partial charge in [-0.3, -0.25) is 9.78 Å². The molecule has 0 bridgehead atoms. The number of pyridine rings is 1. The van der Waals surface area contributed by atoms with Crippen LogP contribution < -0.4 is 14.8 Å². The van der Waals surface area contributed by atoms with E-state index in [4.69, 9.17) is 9.47 Å². The van der Waals surface area contributed by atoms with Crippen LogP contribution in [0.25, 0.3) is 10.9 Å². The number of para-hydroxylation sites is 1. The molecule has 1 unspecified atom stereocenters. The zero-order chi connectivity index (χ0) is 22.0. The van der Waals surface area contributed by atoms with Crippen molar-refractivity contribution in [3.63, 3.8) is 0 Å². The molecule has 9 heteroatoms. The molecular weight excluding hydrogens is 418 g/mol. The molecule has 2 aromatic carbocycles. The van der Waals surface area contributed by atoms with Gasteiger partial charge in [0.1, 0.15) is 22.4 Å². The van der Waals surface area contributed by atoms with Gasteiger partial charge in [-0.1, -0.05) is 18.2 Å². The summed E-state index contributed by atoms with van der Waals surface area (Å²) in [6.07, 6.45) is 2.57. The number of carbonyl (C=O) groups is 1. The normalized spacial score (nSPS) is 16.9. The van der Waals surface area contributed by atoms with E-state index in [0.29, 0.717) is 35.5 Å². The molecule has 4 rings (SSSR count). The Morgan fingerprint density at radius 1 is 1.13 bits per heavy atom. The molecule has 1 aromatic heterocycles. The van der Waals surface area contributed by atoms with Crippen LogP contribution in [-0.4, -0.2) is 50.4 Å². The summed E-state index contributed by atoms with van der Waals surface area (Å²) in [7, 11) is -0.904. The number of ether oxygens (including phenoxy) is 2. The third-order valence-electron chi connectivity index (χ3n) is 5.35. The molecule has 162 valence electrons. The average molecular weight is 442 g/mol. The summed E-state index contributed by atoms with van der Waals surface area (Å²) < 4.78 is 38.8. The lowest BCUT2D eigenvalue weighted by Crippen LogP contribution is -2.43. The zero-order valence-corrected chi connectivity index (χ0v) is 18.1. The second-order valence-corrected chi connectivity index (χ2v) is 9.02. The lowest BCUT2D eigenvalue weighted by Gasteiger charge is -2.24. The Morgan fingerprint density at radius 3 is 2.71 bits per heavy atom. The van der Waals surface area contributed by atoms with Gasteiger partial charge in [0, 0.05) is 24.2 Å². The monoisotopic (exact) mass is 441 g/mol. The molecule has 1 N–H and O–H groups in total. The van der Waals surface area contributed by atoms with E-state index in [1.54, 1.807) is 36.5 Å². The number of sulfonamides is 1. The summed E-state index contributed by atoms with van der Waals surface area (Å²) in [5.41, 5.74) is 0.813. The maximum absolute atomic E-state index is 13.5. The molecule has 0 aliphatic carbocycles. The number of hydrogen-bond acceptors (Lipinski definition) is 6. The number of anilines is 1. The maximum Gasteiger partial charge on any atom is 0.245 e. The van der Waals surface area contributed by atoms with Crippen molar-refractivity contribution in [3.8, 4) is 11.5 Å². The van der Waals surface area contributed by atoms with Crippen LogP contribution >= 0.6 is 0 Å². The van der Waals surface area contributed by atoms with Gasteiger partial charge >= 0.3 is 0 Å². The van der Waals surface area contributed by atoms with Gasteiger partial charge in [-0.2, -0.15) is 4.31 Å². The van der Waals surface area contributed by atoms with Gasteiger partial charge in [-0.15, -0.1) is 0 Å². The third kappa shape index (κ3) is 3.94. The van der Waals surface area contributed by atoms with Crippen LogP contribution in [-0.2, 0) is 14.8 Å². The Morgan fingerprint density at radius 2 is 1.94 bits per heavy atom. The van der Waals surface area contributed by atoms with E-state index in [1.165, 1.54) is 24.6 Å². The van der Waals surface area contributed by atoms with E-state index in [2.05, 4.69) is 10.3 Å². The Kier molecular flexibility index (Phi) is 5.79. The first kappa shape index (κ1) is 21.1. The number of carbonyl (C=O) groups excluding carboxylic acids is 1. The summed E-state index contributed by atoms with van der Waals surface area (Å²) in [6, 6.07) is 12.8. The molecule has 1 amide bonds. The van der Waals surface area contributed by atoms with E-state index in [9.17, 15) is 13.2 Å². The second-order valence-electron chi connectivity index (χ2n) is 7.16. The second kappa shape index (κ2) is 8.52. The van der Waals surface area contributed by atoms with Crippen molar-refractivity contribution in [3.05, 3.63) is 54.7 Å². The number of benzene rings is 2. The summed E-state index contributed by atoms with van der Waals surface area (Å²) in [5.74, 6) is 0.592. The molecule has 8 nitrogen and oxygen atoms in total. The summed E-state index contributed by atoms with van der Waals surface area (Å²) >= 11 is 0. The topological polar surface area (TPSA) is 97.8 Å². The van der Waals surface area contributed by atoms with Gasteiger partial charge < -0.3 is 14.8 Å². The standard InChI is InChI=1S/C22H23N3O5S/c1-29-16-10-11-19(30-2)17(14-16)24-22(26)18-8-5-13-25(18)31(27,28)20-9-3-6-15-7-4-12-23-21(15)20/h3-4,6-7,9-12,14,18H,5,8,13H2,1-2H3,(H,24,26). The van der Waals surface area contributed by atoms with E-state index in [1.807, 2.05) is 12.1 Å². The minimum absolute atomic E-state index is 0.101. The van der Waals surface area contributed by atoms with Crippen molar-refractivity contribution in [1.82, 2.24) is 9.29 Å². The number of nitrogens with one attached hydrogen (secondary N) is 1. The summed E-state index contributed by atoms with van der Waals surface area (Å²) in [6.45, 7) is 0.263. The molecule has 1 aliphatic heterocycles. The first-order valence-electron chi connectivity index (χ1n) is 9.84. The molecule has 0 saturated carbocycles. The SMILES string of the molecule is COc1ccc(OC)c(NC(=O)C2CCCN2S(=O)(=O)c2cccc3cccnc23)c1. The summed E-state index contributed by atoms with van der Waals surface area (Å²) in [5, 5.41) is 3.53. The molecule has 1 atom stereocenters. The maximum atomic E-state index is 13.5. The number of nitrogens with zero attached hydrogens (tertiary/aromatic N) is 2. The fourth-order valence-electron chi connectivity index (χ4n) is 3.83. The number of aromatic nitrogens is 1. The van der Waals surface area contributed by atoms with Crippen molar-refractivity contribution >= 4 is 32.5 Å². The van der Waals surface area contributed by atoms with Gasteiger partial charge in [0.2, 0.25) is 15.9 Å². The van der Waals surface area contributed by atoms with Crippen molar-refractivity contribution in [2.24, 2.45) is 0 Å². The predicted molar refractivity (Wildman–Crippen MR) is 117 cm³/mol. The molecular formula is C22H23N3O5S. The Labute approximate surface area is 180 Å². The van der Waals surface area contributed by atoms with Crippen LogP contribution in [0.2, 0.25) is 0 Å². The van der Waals surface area contributed by atoms with Crippen LogP contribution in [0.1, 0.15) is 12.8 Å². The molecule has 3 aromatic rings. The van der Waals surface area contributed by atoms with Gasteiger partial charge in [0.15, 0.2) is 0 Å². The molecule has 31 heavy (non-hydrogen) atoms. The van der Waals surface area contributed by atoms with Crippen LogP contribution in [0.3, 0.4) is 0 Å². The highest BCUT2D eigenvalue weighted by molar-refractivity contribution is 7.89. The van der Waals surface area contributed by atoms with Crippen molar-refractivity contribution in [2.75, 3.05) is 26.1 Å². The van der Waals surface area contributed by atoms with Crippen LogP contribution in [0.5, 0.6) is 11.5 Å². The molecule has 1 aliphatic rings. The molecule has 0 radical (unpaired) electrons. The third-order valence-corrected chi connectivity index (χ3v) is 7.29. The quantitative estimate of drug-likeness (QED) is 0.631. The first-order chi connectivity index (χ1) is 15.0. The average Bonchev–Trinajstić information content (AvgIpc) is 3.30. The number of hydrogen-bond donors (Lipinski definition) is 1. The Balaban J connectivity index is 1.65. The first-order valence-corrected chi connectivity index (χ1v) is 11.3. The molecule has 0 spiro atoms. The molecule has 1 saturated heterocycles. The lowest BCUT2D eigenvalue weighted by atomic mass is 10.2. The van der Waals surface area contributed by atoms with Gasteiger partial charge in [-0.25, -0.2) is 8.42 Å². The van der Waals surface area contributed by atoms with Gasteiger partial charge in [0.25, 0.3) is 0 Å².